The Morgan fingerprint density at radius 1 is 1.33 bits per heavy atom. The molecule has 0 spiro atoms. The fourth-order valence-corrected chi connectivity index (χ4v) is 1.53. The third kappa shape index (κ3) is 2.70. The minimum Gasteiger partial charge on any atom is -0.496 e. The van der Waals surface area contributed by atoms with E-state index in [1.54, 1.807) is 7.11 Å². The number of aryl methyl sites for hydroxylation is 1. The predicted molar refractivity (Wildman–Crippen MR) is 60.9 cm³/mol. The summed E-state index contributed by atoms with van der Waals surface area (Å²) in [5.74, 6) is 6.02. The molecule has 1 aromatic rings. The summed E-state index contributed by atoms with van der Waals surface area (Å²) < 4.78 is 5.29. The van der Waals surface area contributed by atoms with Gasteiger partial charge in [0.25, 0.3) is 0 Å². The van der Waals surface area contributed by atoms with Crippen LogP contribution in [0.4, 0.5) is 0 Å². The Balaban J connectivity index is 3.04. The summed E-state index contributed by atoms with van der Waals surface area (Å²) in [6.07, 6.45) is 0. The Morgan fingerprint density at radius 2 is 2.00 bits per heavy atom. The van der Waals surface area contributed by atoms with E-state index in [2.05, 4.69) is 19.9 Å². The second-order valence-corrected chi connectivity index (χ2v) is 4.38. The van der Waals surface area contributed by atoms with Gasteiger partial charge in [-0.05, 0) is 24.1 Å². The van der Waals surface area contributed by atoms with E-state index in [0.29, 0.717) is 6.61 Å². The summed E-state index contributed by atoms with van der Waals surface area (Å²) in [6, 6.07) is 6.16. The van der Waals surface area contributed by atoms with Crippen molar-refractivity contribution in [2.45, 2.75) is 26.2 Å². The molecule has 0 amide bonds. The van der Waals surface area contributed by atoms with Crippen LogP contribution in [0.25, 0.3) is 0 Å². The molecule has 0 bridgehead atoms. The van der Waals surface area contributed by atoms with Crippen LogP contribution in [0.15, 0.2) is 18.2 Å². The minimum atomic E-state index is -0.101. The lowest BCUT2D eigenvalue weighted by molar-refractivity contribution is 0.0963. The molecule has 0 unspecified atom stereocenters. The smallest absolute Gasteiger partial charge is 0.122 e. The van der Waals surface area contributed by atoms with E-state index in [1.165, 1.54) is 0 Å². The molecule has 0 saturated heterocycles. The SMILES string of the molecule is COc1cc(C(C)(C)CON)ccc1C. The Bertz CT molecular complexity index is 334. The van der Waals surface area contributed by atoms with Crippen molar-refractivity contribution in [1.82, 2.24) is 0 Å². The molecule has 0 fully saturated rings. The second kappa shape index (κ2) is 4.64. The number of hydrogen-bond donors (Lipinski definition) is 1. The van der Waals surface area contributed by atoms with Crippen molar-refractivity contribution >= 4 is 0 Å². The monoisotopic (exact) mass is 209 g/mol. The molecule has 2 N–H and O–H groups in total. The minimum absolute atomic E-state index is 0.101. The standard InChI is InChI=1S/C12H19NO2/c1-9-5-6-10(7-11(9)14-4)12(2,3)8-15-13/h5-7H,8,13H2,1-4H3. The van der Waals surface area contributed by atoms with Gasteiger partial charge in [0.2, 0.25) is 0 Å². The van der Waals surface area contributed by atoms with Crippen molar-refractivity contribution in [2.24, 2.45) is 5.90 Å². The van der Waals surface area contributed by atoms with Crippen LogP contribution in [0.1, 0.15) is 25.0 Å². The molecule has 84 valence electrons. The Labute approximate surface area is 91.1 Å². The van der Waals surface area contributed by atoms with Gasteiger partial charge in [0.1, 0.15) is 5.75 Å². The van der Waals surface area contributed by atoms with Gasteiger partial charge in [-0.1, -0.05) is 26.0 Å². The highest BCUT2D eigenvalue weighted by Crippen LogP contribution is 2.28. The van der Waals surface area contributed by atoms with Crippen LogP contribution in [0.3, 0.4) is 0 Å². The summed E-state index contributed by atoms with van der Waals surface area (Å²) in [5, 5.41) is 0. The number of nitrogens with two attached hydrogens (primary N) is 1. The van der Waals surface area contributed by atoms with E-state index in [4.69, 9.17) is 15.5 Å². The first-order chi connectivity index (χ1) is 7.01. The molecule has 3 heteroatoms. The normalized spacial score (nSPS) is 11.5. The number of rotatable bonds is 4. The molecule has 1 rings (SSSR count). The summed E-state index contributed by atoms with van der Waals surface area (Å²) >= 11 is 0. The van der Waals surface area contributed by atoms with Crippen molar-refractivity contribution in [3.05, 3.63) is 29.3 Å². The fraction of sp³-hybridized carbons (Fsp3) is 0.500. The third-order valence-corrected chi connectivity index (χ3v) is 2.63. The molecule has 1 aromatic carbocycles. The highest BCUT2D eigenvalue weighted by Gasteiger charge is 2.21. The van der Waals surface area contributed by atoms with Gasteiger partial charge in [-0.2, -0.15) is 0 Å². The van der Waals surface area contributed by atoms with Crippen molar-refractivity contribution in [3.8, 4) is 5.75 Å². The summed E-state index contributed by atoms with van der Waals surface area (Å²) in [6.45, 7) is 6.68. The maximum Gasteiger partial charge on any atom is 0.122 e. The van der Waals surface area contributed by atoms with Gasteiger partial charge >= 0.3 is 0 Å². The summed E-state index contributed by atoms with van der Waals surface area (Å²) in [5.41, 5.74) is 2.19. The van der Waals surface area contributed by atoms with Crippen molar-refractivity contribution in [2.75, 3.05) is 13.7 Å². The quantitative estimate of drug-likeness (QED) is 0.773. The zero-order valence-corrected chi connectivity index (χ0v) is 9.83. The molecule has 0 aliphatic rings. The molecule has 0 heterocycles. The fourth-order valence-electron chi connectivity index (χ4n) is 1.53. The Kier molecular flexibility index (Phi) is 3.72. The van der Waals surface area contributed by atoms with E-state index in [9.17, 15) is 0 Å². The van der Waals surface area contributed by atoms with Gasteiger partial charge in [0.05, 0.1) is 13.7 Å². The van der Waals surface area contributed by atoms with E-state index in [0.717, 1.165) is 16.9 Å². The van der Waals surface area contributed by atoms with Crippen LogP contribution >= 0.6 is 0 Å². The van der Waals surface area contributed by atoms with E-state index in [-0.39, 0.29) is 5.41 Å². The predicted octanol–water partition coefficient (Wildman–Crippen LogP) is 2.17. The Morgan fingerprint density at radius 3 is 2.53 bits per heavy atom. The molecule has 0 atom stereocenters. The van der Waals surface area contributed by atoms with Crippen molar-refractivity contribution < 1.29 is 9.57 Å². The van der Waals surface area contributed by atoms with Crippen LogP contribution < -0.4 is 10.6 Å². The lowest BCUT2D eigenvalue weighted by Crippen LogP contribution is -2.26. The van der Waals surface area contributed by atoms with Gasteiger partial charge < -0.3 is 9.57 Å². The lowest BCUT2D eigenvalue weighted by atomic mass is 9.85. The molecule has 0 aromatic heterocycles. The van der Waals surface area contributed by atoms with Crippen LogP contribution in [-0.2, 0) is 10.3 Å². The van der Waals surface area contributed by atoms with Gasteiger partial charge in [-0.25, -0.2) is 5.90 Å². The second-order valence-electron chi connectivity index (χ2n) is 4.38. The average Bonchev–Trinajstić information content (AvgIpc) is 2.18. The zero-order valence-electron chi connectivity index (χ0n) is 9.83. The first-order valence-corrected chi connectivity index (χ1v) is 4.98. The van der Waals surface area contributed by atoms with Crippen molar-refractivity contribution in [3.63, 3.8) is 0 Å². The van der Waals surface area contributed by atoms with E-state index in [1.807, 2.05) is 19.1 Å². The van der Waals surface area contributed by atoms with Crippen LogP contribution in [-0.4, -0.2) is 13.7 Å². The van der Waals surface area contributed by atoms with Gasteiger partial charge in [0, 0.05) is 5.41 Å². The van der Waals surface area contributed by atoms with Crippen molar-refractivity contribution in [1.29, 1.82) is 0 Å². The van der Waals surface area contributed by atoms with Crippen LogP contribution in [0.2, 0.25) is 0 Å². The first kappa shape index (κ1) is 12.0. The molecule has 3 nitrogen and oxygen atoms in total. The molecule has 0 saturated carbocycles. The zero-order chi connectivity index (χ0) is 11.5. The number of methoxy groups -OCH3 is 1. The number of hydrogen-bond acceptors (Lipinski definition) is 3. The molecule has 15 heavy (non-hydrogen) atoms. The largest absolute Gasteiger partial charge is 0.496 e. The van der Waals surface area contributed by atoms with Gasteiger partial charge in [-0.15, -0.1) is 0 Å². The molecular weight excluding hydrogens is 190 g/mol. The van der Waals surface area contributed by atoms with Crippen LogP contribution in [0, 0.1) is 6.92 Å². The molecule has 0 radical (unpaired) electrons. The number of ether oxygens (including phenoxy) is 1. The lowest BCUT2D eigenvalue weighted by Gasteiger charge is -2.24. The van der Waals surface area contributed by atoms with Gasteiger partial charge in [0.15, 0.2) is 0 Å². The summed E-state index contributed by atoms with van der Waals surface area (Å²) in [4.78, 5) is 4.72. The topological polar surface area (TPSA) is 44.5 Å². The Hall–Kier alpha value is -1.06. The highest BCUT2D eigenvalue weighted by atomic mass is 16.6. The van der Waals surface area contributed by atoms with Crippen LogP contribution in [0.5, 0.6) is 5.75 Å². The van der Waals surface area contributed by atoms with E-state index >= 15 is 0 Å². The average molecular weight is 209 g/mol. The molecule has 0 aliphatic heterocycles. The first-order valence-electron chi connectivity index (χ1n) is 4.98. The number of benzene rings is 1. The van der Waals surface area contributed by atoms with Gasteiger partial charge in [-0.3, -0.25) is 0 Å². The van der Waals surface area contributed by atoms with E-state index < -0.39 is 0 Å². The molecule has 0 aliphatic carbocycles. The molecular formula is C12H19NO2. The maximum absolute atomic E-state index is 5.29. The maximum atomic E-state index is 5.29. The third-order valence-electron chi connectivity index (χ3n) is 2.63. The summed E-state index contributed by atoms with van der Waals surface area (Å²) in [7, 11) is 1.68. The highest BCUT2D eigenvalue weighted by molar-refractivity contribution is 5.39.